The molecule has 2 aromatic rings. The Kier molecular flexibility index (Phi) is 9.33. The molecule has 2 amide bonds. The highest BCUT2D eigenvalue weighted by molar-refractivity contribution is 7.88. The third-order valence-electron chi connectivity index (χ3n) is 5.59. The van der Waals surface area contributed by atoms with Crippen molar-refractivity contribution in [1.82, 2.24) is 10.2 Å². The number of nitrogens with one attached hydrogen (secondary N) is 2. The summed E-state index contributed by atoms with van der Waals surface area (Å²) in [4.78, 5) is 25.3. The molecule has 200 valence electrons. The van der Waals surface area contributed by atoms with E-state index in [1.807, 2.05) is 6.07 Å². The summed E-state index contributed by atoms with van der Waals surface area (Å²) in [6.45, 7) is 3.84. The molecule has 1 aliphatic heterocycles. The molecular formula is C25H28F3N3O5S. The first kappa shape index (κ1) is 28.2. The number of anilines is 1. The fourth-order valence-electron chi connectivity index (χ4n) is 3.83. The Hall–Kier alpha value is -3.38. The fraction of sp³-hybridized carbons (Fsp3) is 0.360. The topological polar surface area (TPSA) is 105 Å². The largest absolute Gasteiger partial charge is 0.534 e. The molecule has 0 atom stereocenters. The molecule has 2 N–H and O–H groups in total. The minimum absolute atomic E-state index is 0.178. The van der Waals surface area contributed by atoms with E-state index in [4.69, 9.17) is 0 Å². The van der Waals surface area contributed by atoms with Gasteiger partial charge in [0, 0.05) is 38.3 Å². The summed E-state index contributed by atoms with van der Waals surface area (Å²) in [7, 11) is -5.71. The van der Waals surface area contributed by atoms with E-state index in [-0.39, 0.29) is 17.6 Å². The van der Waals surface area contributed by atoms with Crippen molar-refractivity contribution >= 4 is 33.7 Å². The molecule has 12 heteroatoms. The zero-order valence-electron chi connectivity index (χ0n) is 20.2. The molecule has 8 nitrogen and oxygen atoms in total. The van der Waals surface area contributed by atoms with Crippen molar-refractivity contribution in [3.05, 3.63) is 65.2 Å². The fourth-order valence-corrected chi connectivity index (χ4v) is 4.29. The minimum atomic E-state index is -5.71. The normalized spacial score (nSPS) is 14.3. The highest BCUT2D eigenvalue weighted by atomic mass is 32.2. The van der Waals surface area contributed by atoms with Gasteiger partial charge in [0.25, 0.3) is 0 Å². The number of carbonyl (C=O) groups is 2. The number of halogens is 3. The maximum atomic E-state index is 12.6. The van der Waals surface area contributed by atoms with E-state index < -0.39 is 15.6 Å². The molecule has 2 aromatic carbocycles. The van der Waals surface area contributed by atoms with Gasteiger partial charge in [-0.3, -0.25) is 14.5 Å². The molecule has 1 heterocycles. The number of alkyl halides is 3. The Balaban J connectivity index is 1.41. The van der Waals surface area contributed by atoms with E-state index in [1.54, 1.807) is 30.3 Å². The summed E-state index contributed by atoms with van der Waals surface area (Å²) in [6, 6.07) is 11.3. The Morgan fingerprint density at radius 1 is 1.11 bits per heavy atom. The molecule has 1 aliphatic rings. The van der Waals surface area contributed by atoms with Gasteiger partial charge in [-0.2, -0.15) is 21.6 Å². The van der Waals surface area contributed by atoms with E-state index >= 15 is 0 Å². The van der Waals surface area contributed by atoms with E-state index in [0.717, 1.165) is 36.1 Å². The molecular weight excluding hydrogens is 511 g/mol. The molecule has 0 spiro atoms. The van der Waals surface area contributed by atoms with Crippen LogP contribution < -0.4 is 14.8 Å². The number of amides is 2. The zero-order valence-corrected chi connectivity index (χ0v) is 21.0. The minimum Gasteiger partial charge on any atom is -0.376 e. The Morgan fingerprint density at radius 2 is 1.89 bits per heavy atom. The van der Waals surface area contributed by atoms with E-state index in [2.05, 4.69) is 19.7 Å². The molecule has 0 saturated heterocycles. The number of carbonyl (C=O) groups excluding carboxylic acids is 2. The smallest absolute Gasteiger partial charge is 0.376 e. The monoisotopic (exact) mass is 539 g/mol. The van der Waals surface area contributed by atoms with Gasteiger partial charge < -0.3 is 14.8 Å². The lowest BCUT2D eigenvalue weighted by Crippen LogP contribution is -2.32. The summed E-state index contributed by atoms with van der Waals surface area (Å²) in [5, 5.41) is 5.50. The maximum Gasteiger partial charge on any atom is 0.534 e. The van der Waals surface area contributed by atoms with Gasteiger partial charge in [-0.05, 0) is 72.8 Å². The van der Waals surface area contributed by atoms with Gasteiger partial charge in [0.2, 0.25) is 11.8 Å². The highest BCUT2D eigenvalue weighted by Gasteiger charge is 2.48. The van der Waals surface area contributed by atoms with Crippen LogP contribution in [0.2, 0.25) is 0 Å². The van der Waals surface area contributed by atoms with Gasteiger partial charge in [0.15, 0.2) is 0 Å². The lowest BCUT2D eigenvalue weighted by atomic mass is 9.99. The first-order valence-corrected chi connectivity index (χ1v) is 13.0. The summed E-state index contributed by atoms with van der Waals surface area (Å²) in [5.41, 5.74) is -2.41. The van der Waals surface area contributed by atoms with Crippen LogP contribution in [0.5, 0.6) is 5.75 Å². The molecule has 37 heavy (non-hydrogen) atoms. The number of nitrogens with zero attached hydrogens (tertiary/aromatic N) is 1. The predicted molar refractivity (Wildman–Crippen MR) is 133 cm³/mol. The van der Waals surface area contributed by atoms with Crippen molar-refractivity contribution in [2.45, 2.75) is 38.2 Å². The van der Waals surface area contributed by atoms with Crippen molar-refractivity contribution in [3.8, 4) is 5.75 Å². The van der Waals surface area contributed by atoms with Crippen LogP contribution in [0, 0.1) is 0 Å². The van der Waals surface area contributed by atoms with Crippen molar-refractivity contribution in [2.24, 2.45) is 0 Å². The van der Waals surface area contributed by atoms with E-state index in [9.17, 15) is 31.2 Å². The molecule has 0 bridgehead atoms. The summed E-state index contributed by atoms with van der Waals surface area (Å²) >= 11 is 0. The Bertz CT molecular complexity index is 1260. The van der Waals surface area contributed by atoms with Crippen molar-refractivity contribution in [1.29, 1.82) is 0 Å². The second-order valence-electron chi connectivity index (χ2n) is 8.58. The molecule has 3 rings (SSSR count). The van der Waals surface area contributed by atoms with Gasteiger partial charge in [0.05, 0.1) is 0 Å². The molecule has 0 unspecified atom stereocenters. The standard InChI is InChI=1S/C25H28F3N3O5S/c1-18(32)30-22-6-4-5-19(15-22)7-10-24(33)29-12-2-3-13-31-14-11-20-8-9-23(16-21(20)17-31)36-37(34,35)25(26,27)28/h4-10,15-16H,2-3,11-14,17H2,1H3,(H,29,33)(H,30,32). The molecule has 0 aliphatic carbocycles. The predicted octanol–water partition coefficient (Wildman–Crippen LogP) is 3.84. The van der Waals surface area contributed by atoms with Crippen molar-refractivity contribution < 1.29 is 35.4 Å². The summed E-state index contributed by atoms with van der Waals surface area (Å²) < 4.78 is 64.5. The highest BCUT2D eigenvalue weighted by Crippen LogP contribution is 2.29. The first-order valence-electron chi connectivity index (χ1n) is 11.6. The third-order valence-corrected chi connectivity index (χ3v) is 6.57. The van der Waals surface area contributed by atoms with Crippen molar-refractivity contribution in [3.63, 3.8) is 0 Å². The maximum absolute atomic E-state index is 12.6. The van der Waals surface area contributed by atoms with Gasteiger partial charge in [-0.1, -0.05) is 18.2 Å². The SMILES string of the molecule is CC(=O)Nc1cccc(C=CC(=O)NCCCCN2CCc3ccc(OS(=O)(=O)C(F)(F)F)cc3C2)c1. The number of hydrogen-bond donors (Lipinski definition) is 2. The van der Waals surface area contributed by atoms with Crippen LogP contribution in [0.25, 0.3) is 6.08 Å². The molecule has 0 aromatic heterocycles. The quantitative estimate of drug-likeness (QED) is 0.206. The number of unbranched alkanes of at least 4 members (excludes halogenated alkanes) is 1. The molecule has 0 saturated carbocycles. The number of fused-ring (bicyclic) bond motifs is 1. The third kappa shape index (κ3) is 8.60. The summed E-state index contributed by atoms with van der Waals surface area (Å²) in [5.74, 6) is -0.781. The number of hydrogen-bond acceptors (Lipinski definition) is 6. The number of rotatable bonds is 10. The lowest BCUT2D eigenvalue weighted by molar-refractivity contribution is -0.116. The van der Waals surface area contributed by atoms with E-state index in [0.29, 0.717) is 31.7 Å². The Labute approximate surface area is 213 Å². The van der Waals surface area contributed by atoms with Crippen molar-refractivity contribution in [2.75, 3.05) is 25.0 Å². The van der Waals surface area contributed by atoms with Crippen LogP contribution in [0.1, 0.15) is 36.5 Å². The average molecular weight is 540 g/mol. The number of benzene rings is 2. The second-order valence-corrected chi connectivity index (χ2v) is 10.1. The Morgan fingerprint density at radius 3 is 2.62 bits per heavy atom. The van der Waals surface area contributed by atoms with Crippen LogP contribution in [-0.4, -0.2) is 50.3 Å². The van der Waals surface area contributed by atoms with Crippen LogP contribution in [-0.2, 0) is 32.7 Å². The second kappa shape index (κ2) is 12.2. The average Bonchev–Trinajstić information content (AvgIpc) is 2.81. The first-order chi connectivity index (χ1) is 17.4. The summed E-state index contributed by atoms with van der Waals surface area (Å²) in [6.07, 6.45) is 5.29. The van der Waals surface area contributed by atoms with Gasteiger partial charge >= 0.3 is 15.6 Å². The van der Waals surface area contributed by atoms with Crippen LogP contribution >= 0.6 is 0 Å². The lowest BCUT2D eigenvalue weighted by Gasteiger charge is -2.29. The van der Waals surface area contributed by atoms with Gasteiger partial charge in [-0.15, -0.1) is 0 Å². The van der Waals surface area contributed by atoms with Gasteiger partial charge in [0.1, 0.15) is 5.75 Å². The van der Waals surface area contributed by atoms with Crippen LogP contribution in [0.15, 0.2) is 48.5 Å². The molecule has 0 fully saturated rings. The molecule has 0 radical (unpaired) electrons. The zero-order chi connectivity index (χ0) is 27.1. The van der Waals surface area contributed by atoms with Crippen LogP contribution in [0.3, 0.4) is 0 Å². The van der Waals surface area contributed by atoms with Crippen LogP contribution in [0.4, 0.5) is 18.9 Å². The van der Waals surface area contributed by atoms with Gasteiger partial charge in [-0.25, -0.2) is 0 Å². The van der Waals surface area contributed by atoms with E-state index in [1.165, 1.54) is 25.1 Å².